The third-order valence-corrected chi connectivity index (χ3v) is 0. The smallest absolute Gasteiger partial charge is 0.665 e. The molecule has 0 amide bonds. The average Bonchev–Trinajstić information content (AvgIpc) is 0.918. The van der Waals surface area contributed by atoms with Crippen LogP contribution in [0.5, 0.6) is 0 Å². The van der Waals surface area contributed by atoms with Gasteiger partial charge in [-0.15, -0.1) is 0 Å². The van der Waals surface area contributed by atoms with Gasteiger partial charge in [0, 0.05) is 0 Å². The summed E-state index contributed by atoms with van der Waals surface area (Å²) in [6.45, 7) is 0.500. The monoisotopic (exact) mass is 242 g/mol. The van der Waals surface area contributed by atoms with E-state index in [0.29, 0.717) is 6.47 Å². The Balaban J connectivity index is 0. The first-order chi connectivity index (χ1) is 1.41. The molecule has 0 aromatic heterocycles. The minimum Gasteiger partial charge on any atom is -0.665 e. The van der Waals surface area contributed by atoms with Crippen LogP contribution in [-0.2, 0) is 27.2 Å². The van der Waals surface area contributed by atoms with Gasteiger partial charge < -0.3 is 9.90 Å². The molecule has 0 spiro atoms. The Morgan fingerprint density at radius 3 is 1.75 bits per heavy atom. The molecule has 4 heavy (non-hydrogen) atoms. The molecule has 0 aromatic carbocycles. The first-order valence-electron chi connectivity index (χ1n) is 0.428. The van der Waals surface area contributed by atoms with E-state index in [1.165, 1.54) is 0 Å². The van der Waals surface area contributed by atoms with Gasteiger partial charge >= 0.3 is 22.4 Å². The van der Waals surface area contributed by atoms with Gasteiger partial charge in [-0.2, -0.15) is 0 Å². The standard InChI is InChI=1S/CHO2.Au/c2-1-3;/h(H,2,3);/q-1;+1. The summed E-state index contributed by atoms with van der Waals surface area (Å²) in [4.78, 5) is 8.24. The van der Waals surface area contributed by atoms with Crippen molar-refractivity contribution in [1.29, 1.82) is 0 Å². The molecular weight excluding hydrogens is 241 g/mol. The molecule has 0 aliphatic rings. The van der Waals surface area contributed by atoms with Crippen LogP contribution in [0, 0.1) is 0 Å². The van der Waals surface area contributed by atoms with Crippen LogP contribution in [0.15, 0.2) is 0 Å². The van der Waals surface area contributed by atoms with E-state index in [4.69, 9.17) is 9.90 Å². The summed E-state index contributed by atoms with van der Waals surface area (Å²) < 4.78 is 0. The van der Waals surface area contributed by atoms with Gasteiger partial charge in [0.25, 0.3) is 0 Å². The predicted molar refractivity (Wildman–Crippen MR) is 8.32 cm³/mol. The number of rotatable bonds is 0. The molecule has 3 heteroatoms. The maximum absolute atomic E-state index is 8.24. The maximum Gasteiger partial charge on any atom is 1.00 e. The molecule has 0 saturated heterocycles. The van der Waals surface area contributed by atoms with Crippen molar-refractivity contribution in [3.8, 4) is 0 Å². The normalized spacial score (nSPS) is 3.00. The second kappa shape index (κ2) is 10.7. The van der Waals surface area contributed by atoms with Crippen LogP contribution in [0.3, 0.4) is 0 Å². The minimum atomic E-state index is 0. The summed E-state index contributed by atoms with van der Waals surface area (Å²) in [5, 5.41) is 6.76. The molecular formula is CHAuO2. The third-order valence-electron chi connectivity index (χ3n) is 0. The second-order valence-electron chi connectivity index (χ2n) is 0.0913. The zero-order valence-corrected chi connectivity index (χ0v) is 3.82. The molecule has 0 aliphatic heterocycles. The van der Waals surface area contributed by atoms with Crippen LogP contribution in [-0.4, -0.2) is 11.6 Å². The van der Waals surface area contributed by atoms with E-state index >= 15 is 0 Å². The molecule has 0 unspecified atom stereocenters. The quantitative estimate of drug-likeness (QED) is 0.464. The van der Waals surface area contributed by atoms with Crippen molar-refractivity contribution in [1.82, 2.24) is 0 Å². The van der Waals surface area contributed by atoms with E-state index in [1.807, 2.05) is 0 Å². The Morgan fingerprint density at radius 2 is 1.75 bits per heavy atom. The fourth-order valence-electron chi connectivity index (χ4n) is 0. The Kier molecular flexibility index (Phi) is 23.8. The summed E-state index contributed by atoms with van der Waals surface area (Å²) in [5.41, 5.74) is 0. The number of hydrogen-bond donors (Lipinski definition) is 1. The van der Waals surface area contributed by atoms with E-state index < -0.39 is 0 Å². The summed E-state index contributed by atoms with van der Waals surface area (Å²) in [5.74, 6) is 0. The zero-order valence-electron chi connectivity index (χ0n) is 1.66. The van der Waals surface area contributed by atoms with E-state index in [9.17, 15) is 0 Å². The van der Waals surface area contributed by atoms with E-state index in [2.05, 4.69) is 0 Å². The summed E-state index contributed by atoms with van der Waals surface area (Å²) in [7, 11) is 0. The van der Waals surface area contributed by atoms with Gasteiger partial charge in [0.2, 0.25) is 0 Å². The molecule has 0 bridgehead atoms. The topological polar surface area (TPSA) is 37.3 Å². The molecule has 0 saturated carbocycles. The van der Waals surface area contributed by atoms with Crippen molar-refractivity contribution in [2.24, 2.45) is 0 Å². The molecule has 0 aromatic rings. The number of aliphatic hydroxyl groups excluding tert-OH is 1. The van der Waals surface area contributed by atoms with Gasteiger partial charge in [-0.3, -0.25) is 0 Å². The van der Waals surface area contributed by atoms with Crippen molar-refractivity contribution < 1.29 is 32.3 Å². The van der Waals surface area contributed by atoms with Gasteiger partial charge in [-0.05, 0) is 0 Å². The van der Waals surface area contributed by atoms with E-state index in [1.54, 1.807) is 0 Å². The van der Waals surface area contributed by atoms with Crippen molar-refractivity contribution in [2.75, 3.05) is 0 Å². The van der Waals surface area contributed by atoms with Gasteiger partial charge in [-0.1, -0.05) is 6.47 Å². The van der Waals surface area contributed by atoms with E-state index in [0.717, 1.165) is 0 Å². The van der Waals surface area contributed by atoms with Gasteiger partial charge in [0.1, 0.15) is 0 Å². The molecule has 2 nitrogen and oxygen atoms in total. The fraction of sp³-hybridized carbons (Fsp3) is 0. The van der Waals surface area contributed by atoms with Gasteiger partial charge in [-0.25, -0.2) is 0 Å². The Hall–Kier alpha value is 0.210. The Bertz CT molecular complexity index is 13.5. The van der Waals surface area contributed by atoms with Crippen LogP contribution in [0.4, 0.5) is 0 Å². The maximum atomic E-state index is 8.24. The third kappa shape index (κ3) is 73.2. The molecule has 0 heterocycles. The molecule has 28 valence electrons. The molecule has 0 aliphatic carbocycles. The molecule has 0 fully saturated rings. The first-order valence-corrected chi connectivity index (χ1v) is 0.428. The summed E-state index contributed by atoms with van der Waals surface area (Å²) >= 11 is 0. The van der Waals surface area contributed by atoms with Gasteiger partial charge in [0.05, 0.1) is 0 Å². The van der Waals surface area contributed by atoms with Crippen molar-refractivity contribution in [3.05, 3.63) is 0 Å². The molecule has 1 N–H and O–H groups in total. The molecule has 0 rings (SSSR count). The first kappa shape index (κ1) is 8.88. The van der Waals surface area contributed by atoms with Crippen LogP contribution in [0.25, 0.3) is 0 Å². The number of hydrogen-bond acceptors (Lipinski definition) is 1. The summed E-state index contributed by atoms with van der Waals surface area (Å²) in [6, 6.07) is 0. The predicted octanol–water partition coefficient (Wildman–Crippen LogP) is -0.391. The van der Waals surface area contributed by atoms with Crippen LogP contribution in [0.1, 0.15) is 0 Å². The minimum absolute atomic E-state index is 0. The SMILES string of the molecule is O=[C-]O.[Au+]. The fourth-order valence-corrected chi connectivity index (χ4v) is 0. The molecule has 0 radical (unpaired) electrons. The average molecular weight is 242 g/mol. The van der Waals surface area contributed by atoms with E-state index in [-0.39, 0.29) is 22.4 Å². The Labute approximate surface area is 39.3 Å². The van der Waals surface area contributed by atoms with Crippen molar-refractivity contribution in [3.63, 3.8) is 0 Å². The van der Waals surface area contributed by atoms with Crippen molar-refractivity contribution >= 4 is 6.47 Å². The van der Waals surface area contributed by atoms with Crippen LogP contribution < -0.4 is 0 Å². The van der Waals surface area contributed by atoms with Gasteiger partial charge in [0.15, 0.2) is 0 Å². The largest absolute Gasteiger partial charge is 1.00 e. The molecule has 0 atom stereocenters. The van der Waals surface area contributed by atoms with Crippen LogP contribution >= 0.6 is 0 Å². The Morgan fingerprint density at radius 1 is 1.75 bits per heavy atom. The zero-order chi connectivity index (χ0) is 2.71. The van der Waals surface area contributed by atoms with Crippen LogP contribution in [0.2, 0.25) is 0 Å². The van der Waals surface area contributed by atoms with Crippen molar-refractivity contribution in [2.45, 2.75) is 0 Å². The second-order valence-corrected chi connectivity index (χ2v) is 0.0913. The summed E-state index contributed by atoms with van der Waals surface area (Å²) in [6.07, 6.45) is 0.